The summed E-state index contributed by atoms with van der Waals surface area (Å²) in [6.07, 6.45) is -0.447. The minimum atomic E-state index is -0.990. The van der Waals surface area contributed by atoms with Gasteiger partial charge in [-0.25, -0.2) is 9.59 Å². The molecule has 12 heteroatoms. The van der Waals surface area contributed by atoms with E-state index in [2.05, 4.69) is 10.6 Å². The summed E-state index contributed by atoms with van der Waals surface area (Å²) in [5, 5.41) is 7.24. The Labute approximate surface area is 276 Å². The summed E-state index contributed by atoms with van der Waals surface area (Å²) < 4.78 is 11.0. The number of hydrogen-bond donors (Lipinski definition) is 2. The molecule has 0 aliphatic carbocycles. The molecule has 3 heterocycles. The number of hydroxylamine groups is 2. The molecule has 3 saturated heterocycles. The first-order valence-corrected chi connectivity index (χ1v) is 16.6. The largest absolute Gasteiger partial charge is 0.445 e. The summed E-state index contributed by atoms with van der Waals surface area (Å²) in [4.78, 5) is 63.6. The molecule has 2 aromatic carbocycles. The molecule has 0 spiro atoms. The van der Waals surface area contributed by atoms with Gasteiger partial charge >= 0.3 is 12.2 Å². The number of piperazine rings is 1. The number of amides is 4. The number of unbranched alkanes of at least 4 members (excludes halogenated alkanes) is 1. The topological polar surface area (TPSA) is 130 Å². The van der Waals surface area contributed by atoms with Crippen molar-refractivity contribution in [1.29, 1.82) is 0 Å². The number of rotatable bonds is 11. The van der Waals surface area contributed by atoms with E-state index in [4.69, 9.17) is 14.3 Å². The van der Waals surface area contributed by atoms with Gasteiger partial charge in [0.1, 0.15) is 19.3 Å². The van der Waals surface area contributed by atoms with E-state index in [0.717, 1.165) is 24.1 Å². The molecule has 4 atom stereocenters. The highest BCUT2D eigenvalue weighted by atomic mass is 16.7. The van der Waals surface area contributed by atoms with Crippen LogP contribution >= 0.6 is 0 Å². The van der Waals surface area contributed by atoms with Crippen molar-refractivity contribution in [3.63, 3.8) is 0 Å². The molecule has 0 saturated carbocycles. The molecule has 5 rings (SSSR count). The predicted octanol–water partition coefficient (Wildman–Crippen LogP) is 4.20. The third-order valence-electron chi connectivity index (χ3n) is 8.67. The van der Waals surface area contributed by atoms with Crippen LogP contribution in [0.2, 0.25) is 0 Å². The molecule has 0 bridgehead atoms. The average Bonchev–Trinajstić information content (AvgIpc) is 3.60. The van der Waals surface area contributed by atoms with E-state index >= 15 is 0 Å². The van der Waals surface area contributed by atoms with Crippen LogP contribution in [0.3, 0.4) is 0 Å². The third-order valence-corrected chi connectivity index (χ3v) is 8.67. The number of carbonyl (C=O) groups is 4. The molecule has 0 radical (unpaired) electrons. The van der Waals surface area contributed by atoms with Crippen molar-refractivity contribution in [3.05, 3.63) is 71.8 Å². The van der Waals surface area contributed by atoms with Crippen LogP contribution < -0.4 is 10.6 Å². The molecule has 3 fully saturated rings. The second-order valence-corrected chi connectivity index (χ2v) is 13.6. The predicted molar refractivity (Wildman–Crippen MR) is 173 cm³/mol. The zero-order valence-electron chi connectivity index (χ0n) is 27.6. The lowest BCUT2D eigenvalue weighted by atomic mass is 9.85. The zero-order chi connectivity index (χ0) is 33.4. The van der Waals surface area contributed by atoms with Crippen molar-refractivity contribution < 1.29 is 33.5 Å². The maximum absolute atomic E-state index is 14.1. The SMILES string of the molecule is CC(C)(C)C[C@H]1C(=O)N([C@@H]2CCNC2)C[C@@H]2N(C(=O)OCc3ccccc3)O[C@H](CCCCNC(=O)OCc3ccccc3)C(=O)N21. The fraction of sp³-hybridized carbons (Fsp3) is 0.543. The standard InChI is InChI=1S/C35H47N5O7/c1-35(2,3)20-28-31(41)38(27-17-19-36-21-27)22-30-39(28)32(42)29(47-40(30)34(44)46-24-26-14-8-5-9-15-26)16-10-11-18-37-33(43)45-23-25-12-6-4-7-13-25/h4-9,12-15,27-30,36H,10-11,16-24H2,1-3H3,(H,37,43)/t27-,28+,29-,30+/m1/s1. The van der Waals surface area contributed by atoms with Gasteiger partial charge in [-0.1, -0.05) is 81.4 Å². The van der Waals surface area contributed by atoms with Gasteiger partial charge in [-0.05, 0) is 55.2 Å². The van der Waals surface area contributed by atoms with Gasteiger partial charge < -0.3 is 29.9 Å². The highest BCUT2D eigenvalue weighted by Gasteiger charge is 2.54. The molecule has 2 aromatic rings. The van der Waals surface area contributed by atoms with Crippen LogP contribution in [-0.2, 0) is 37.1 Å². The Morgan fingerprint density at radius 2 is 1.60 bits per heavy atom. The number of nitrogens with zero attached hydrogens (tertiary/aromatic N) is 3. The van der Waals surface area contributed by atoms with Crippen LogP contribution in [0, 0.1) is 5.41 Å². The molecule has 4 amide bonds. The van der Waals surface area contributed by atoms with Crippen LogP contribution in [0.25, 0.3) is 0 Å². The minimum Gasteiger partial charge on any atom is -0.445 e. The average molecular weight is 650 g/mol. The van der Waals surface area contributed by atoms with E-state index in [1.54, 1.807) is 4.90 Å². The summed E-state index contributed by atoms with van der Waals surface area (Å²) >= 11 is 0. The number of fused-ring (bicyclic) bond motifs is 1. The summed E-state index contributed by atoms with van der Waals surface area (Å²) in [6, 6.07) is 18.0. The van der Waals surface area contributed by atoms with E-state index in [9.17, 15) is 19.2 Å². The summed E-state index contributed by atoms with van der Waals surface area (Å²) in [5.41, 5.74) is 1.44. The Bertz CT molecular complexity index is 1360. The highest BCUT2D eigenvalue weighted by Crippen LogP contribution is 2.35. The molecule has 2 N–H and O–H groups in total. The number of hydrogen-bond acceptors (Lipinski definition) is 8. The molecule has 0 aromatic heterocycles. The van der Waals surface area contributed by atoms with Crippen molar-refractivity contribution >= 4 is 24.0 Å². The summed E-state index contributed by atoms with van der Waals surface area (Å²) in [5.74, 6) is -0.418. The van der Waals surface area contributed by atoms with Gasteiger partial charge in [0.25, 0.3) is 5.91 Å². The van der Waals surface area contributed by atoms with Crippen molar-refractivity contribution in [2.45, 2.75) is 90.4 Å². The maximum atomic E-state index is 14.1. The van der Waals surface area contributed by atoms with Gasteiger partial charge in [-0.2, -0.15) is 5.06 Å². The van der Waals surface area contributed by atoms with Crippen LogP contribution in [0.5, 0.6) is 0 Å². The number of alkyl carbamates (subject to hydrolysis) is 1. The van der Waals surface area contributed by atoms with Crippen LogP contribution in [0.15, 0.2) is 60.7 Å². The number of ether oxygens (including phenoxy) is 2. The Morgan fingerprint density at radius 3 is 2.21 bits per heavy atom. The van der Waals surface area contributed by atoms with Crippen molar-refractivity contribution in [2.75, 3.05) is 26.2 Å². The molecule has 47 heavy (non-hydrogen) atoms. The van der Waals surface area contributed by atoms with Gasteiger partial charge in [0.15, 0.2) is 12.3 Å². The van der Waals surface area contributed by atoms with Gasteiger partial charge in [-0.15, -0.1) is 0 Å². The number of carbonyl (C=O) groups excluding carboxylic acids is 4. The lowest BCUT2D eigenvalue weighted by molar-refractivity contribution is -0.269. The number of nitrogens with one attached hydrogen (secondary N) is 2. The minimum absolute atomic E-state index is 0.0333. The monoisotopic (exact) mass is 649 g/mol. The van der Waals surface area contributed by atoms with E-state index in [1.807, 2.05) is 86.3 Å². The third kappa shape index (κ3) is 9.01. The van der Waals surface area contributed by atoms with E-state index in [1.165, 1.54) is 5.06 Å². The lowest BCUT2D eigenvalue weighted by Gasteiger charge is -2.54. The number of benzene rings is 2. The smallest absolute Gasteiger partial charge is 0.436 e. The van der Waals surface area contributed by atoms with Crippen LogP contribution in [0.1, 0.15) is 64.0 Å². The summed E-state index contributed by atoms with van der Waals surface area (Å²) in [7, 11) is 0. The Hall–Kier alpha value is -4.16. The van der Waals surface area contributed by atoms with Crippen molar-refractivity contribution in [2.24, 2.45) is 5.41 Å². The molecule has 0 unspecified atom stereocenters. The van der Waals surface area contributed by atoms with E-state index in [0.29, 0.717) is 32.4 Å². The first kappa shape index (κ1) is 34.2. The van der Waals surface area contributed by atoms with Gasteiger partial charge in [-0.3, -0.25) is 14.4 Å². The summed E-state index contributed by atoms with van der Waals surface area (Å²) in [6.45, 7) is 8.27. The quantitative estimate of drug-likeness (QED) is 0.347. The zero-order valence-corrected chi connectivity index (χ0v) is 27.6. The molecular weight excluding hydrogens is 602 g/mol. The van der Waals surface area contributed by atoms with Crippen LogP contribution in [0.4, 0.5) is 9.59 Å². The first-order chi connectivity index (χ1) is 22.6. The fourth-order valence-corrected chi connectivity index (χ4v) is 6.32. The normalized spacial score (nSPS) is 23.0. The van der Waals surface area contributed by atoms with Gasteiger partial charge in [0.05, 0.1) is 6.54 Å². The van der Waals surface area contributed by atoms with Gasteiger partial charge in [0.2, 0.25) is 5.91 Å². The van der Waals surface area contributed by atoms with Crippen LogP contribution in [-0.4, -0.2) is 89.4 Å². The van der Waals surface area contributed by atoms with E-state index < -0.39 is 30.5 Å². The highest BCUT2D eigenvalue weighted by molar-refractivity contribution is 5.92. The molecule has 3 aliphatic heterocycles. The fourth-order valence-electron chi connectivity index (χ4n) is 6.32. The second-order valence-electron chi connectivity index (χ2n) is 13.6. The molecular formula is C35H47N5O7. The molecule has 12 nitrogen and oxygen atoms in total. The second kappa shape index (κ2) is 15.6. The maximum Gasteiger partial charge on any atom is 0.436 e. The Kier molecular flexibility index (Phi) is 11.4. The Morgan fingerprint density at radius 1 is 0.936 bits per heavy atom. The van der Waals surface area contributed by atoms with Gasteiger partial charge in [0, 0.05) is 19.1 Å². The van der Waals surface area contributed by atoms with Crippen molar-refractivity contribution in [3.8, 4) is 0 Å². The van der Waals surface area contributed by atoms with E-state index in [-0.39, 0.29) is 49.5 Å². The Balaban J connectivity index is 1.27. The van der Waals surface area contributed by atoms with Crippen molar-refractivity contribution in [1.82, 2.24) is 25.5 Å². The molecule has 3 aliphatic rings. The lowest BCUT2D eigenvalue weighted by Crippen LogP contribution is -2.74. The first-order valence-electron chi connectivity index (χ1n) is 16.6. The molecule has 254 valence electrons.